The van der Waals surface area contributed by atoms with Crippen molar-refractivity contribution in [3.05, 3.63) is 76.6 Å². The lowest BCUT2D eigenvalue weighted by Gasteiger charge is -2.37. The summed E-state index contributed by atoms with van der Waals surface area (Å²) >= 11 is 7.29. The summed E-state index contributed by atoms with van der Waals surface area (Å²) in [6.45, 7) is 7.49. The van der Waals surface area contributed by atoms with E-state index in [1.54, 1.807) is 62.3 Å². The average Bonchev–Trinajstić information content (AvgIpc) is 2.82. The Morgan fingerprint density at radius 3 is 2.20 bits per heavy atom. The third-order valence-corrected chi connectivity index (χ3v) is 6.50. The third-order valence-electron chi connectivity index (χ3n) is 5.42. The van der Waals surface area contributed by atoms with Gasteiger partial charge in [0.1, 0.15) is 11.3 Å². The molecule has 184 valence electrons. The highest BCUT2D eigenvalue weighted by molar-refractivity contribution is 7.99. The Labute approximate surface area is 215 Å². The van der Waals surface area contributed by atoms with Crippen LogP contribution in [0.15, 0.2) is 59.8 Å². The first kappa shape index (κ1) is 26.5. The number of benzene rings is 2. The fourth-order valence-corrected chi connectivity index (χ4v) is 4.36. The van der Waals surface area contributed by atoms with Crippen LogP contribution >= 0.6 is 23.4 Å². The van der Waals surface area contributed by atoms with E-state index in [1.165, 1.54) is 11.8 Å². The van der Waals surface area contributed by atoms with Crippen molar-refractivity contribution in [3.63, 3.8) is 0 Å². The summed E-state index contributed by atoms with van der Waals surface area (Å²) in [6, 6.07) is 16.1. The van der Waals surface area contributed by atoms with E-state index in [2.05, 4.69) is 15.3 Å². The van der Waals surface area contributed by atoms with Crippen molar-refractivity contribution in [2.24, 2.45) is 0 Å². The van der Waals surface area contributed by atoms with Crippen molar-refractivity contribution in [1.29, 1.82) is 0 Å². The van der Waals surface area contributed by atoms with Gasteiger partial charge in [0.15, 0.2) is 5.16 Å². The summed E-state index contributed by atoms with van der Waals surface area (Å²) in [6.07, 6.45) is 0. The first-order valence-electron chi connectivity index (χ1n) is 11.0. The van der Waals surface area contributed by atoms with Crippen LogP contribution in [0.4, 0.5) is 5.69 Å². The number of amides is 2. The maximum atomic E-state index is 13.5. The van der Waals surface area contributed by atoms with Crippen molar-refractivity contribution < 1.29 is 14.3 Å². The van der Waals surface area contributed by atoms with Crippen LogP contribution in [0.1, 0.15) is 30.8 Å². The maximum Gasteiger partial charge on any atom is 0.249 e. The monoisotopic (exact) mass is 512 g/mol. The van der Waals surface area contributed by atoms with Crippen molar-refractivity contribution in [2.45, 2.75) is 44.9 Å². The number of methoxy groups -OCH3 is 1. The molecule has 1 aromatic heterocycles. The zero-order chi connectivity index (χ0) is 25.6. The van der Waals surface area contributed by atoms with Gasteiger partial charge in [-0.3, -0.25) is 9.59 Å². The van der Waals surface area contributed by atoms with Gasteiger partial charge < -0.3 is 15.0 Å². The molecule has 0 saturated heterocycles. The minimum Gasteiger partial charge on any atom is -0.497 e. The van der Waals surface area contributed by atoms with E-state index >= 15 is 0 Å². The highest BCUT2D eigenvalue weighted by Gasteiger charge is 2.38. The number of carbonyl (C=O) groups is 2. The van der Waals surface area contributed by atoms with Gasteiger partial charge in [0.25, 0.3) is 0 Å². The molecule has 3 rings (SSSR count). The topological polar surface area (TPSA) is 84.4 Å². The number of nitrogens with zero attached hydrogens (tertiary/aromatic N) is 3. The summed E-state index contributed by atoms with van der Waals surface area (Å²) in [4.78, 5) is 37.2. The normalized spacial score (nSPS) is 11.1. The Morgan fingerprint density at radius 2 is 1.63 bits per heavy atom. The molecule has 0 spiro atoms. The second-order valence-corrected chi connectivity index (χ2v) is 9.95. The van der Waals surface area contributed by atoms with E-state index in [0.717, 1.165) is 17.0 Å². The molecule has 2 aromatic carbocycles. The minimum atomic E-state index is -1.15. The van der Waals surface area contributed by atoms with Gasteiger partial charge in [-0.1, -0.05) is 35.5 Å². The van der Waals surface area contributed by atoms with Crippen LogP contribution in [0.3, 0.4) is 0 Å². The van der Waals surface area contributed by atoms with Crippen molar-refractivity contribution in [3.8, 4) is 5.75 Å². The van der Waals surface area contributed by atoms with Crippen molar-refractivity contribution >= 4 is 40.9 Å². The standard InChI is InChI=1S/C26H29ClN4O3S/c1-17-14-18(2)29-25(28-17)35-16-23(32)31(15-19-6-8-20(27)9-7-19)26(3,4)24(33)30-21-10-12-22(34-5)13-11-21/h6-14H,15-16H2,1-5H3,(H,30,33). The number of ether oxygens (including phenoxy) is 1. The average molecular weight is 513 g/mol. The Kier molecular flexibility index (Phi) is 8.75. The van der Waals surface area contributed by atoms with Crippen molar-refractivity contribution in [1.82, 2.24) is 14.9 Å². The molecule has 3 aromatic rings. The quantitative estimate of drug-likeness (QED) is 0.309. The largest absolute Gasteiger partial charge is 0.497 e. The molecule has 0 atom stereocenters. The third kappa shape index (κ3) is 7.19. The summed E-state index contributed by atoms with van der Waals surface area (Å²) in [5.41, 5.74) is 2.00. The van der Waals surface area contributed by atoms with Crippen molar-refractivity contribution in [2.75, 3.05) is 18.2 Å². The van der Waals surface area contributed by atoms with Gasteiger partial charge in [0.05, 0.1) is 12.9 Å². The molecule has 0 fully saturated rings. The highest BCUT2D eigenvalue weighted by atomic mass is 35.5. The molecular formula is C26H29ClN4O3S. The number of hydrogen-bond donors (Lipinski definition) is 1. The Bertz CT molecular complexity index is 1160. The summed E-state index contributed by atoms with van der Waals surface area (Å²) in [5.74, 6) is 0.267. The van der Waals surface area contributed by atoms with Crippen LogP contribution in [-0.2, 0) is 16.1 Å². The fourth-order valence-electron chi connectivity index (χ4n) is 3.41. The smallest absolute Gasteiger partial charge is 0.249 e. The first-order chi connectivity index (χ1) is 16.6. The molecule has 35 heavy (non-hydrogen) atoms. The predicted molar refractivity (Wildman–Crippen MR) is 140 cm³/mol. The second-order valence-electron chi connectivity index (χ2n) is 8.57. The molecule has 1 heterocycles. The summed E-state index contributed by atoms with van der Waals surface area (Å²) < 4.78 is 5.18. The number of anilines is 1. The van der Waals surface area contributed by atoms with E-state index in [4.69, 9.17) is 16.3 Å². The van der Waals surface area contributed by atoms with Gasteiger partial charge in [0, 0.05) is 28.6 Å². The van der Waals surface area contributed by atoms with E-state index in [0.29, 0.717) is 21.6 Å². The molecule has 0 aliphatic rings. The molecule has 2 amide bonds. The lowest BCUT2D eigenvalue weighted by Crippen LogP contribution is -2.55. The second kappa shape index (κ2) is 11.6. The number of aromatic nitrogens is 2. The lowest BCUT2D eigenvalue weighted by molar-refractivity contribution is -0.142. The van der Waals surface area contributed by atoms with Gasteiger partial charge >= 0.3 is 0 Å². The van der Waals surface area contributed by atoms with E-state index in [-0.39, 0.29) is 24.1 Å². The predicted octanol–water partition coefficient (Wildman–Crippen LogP) is 5.29. The molecule has 7 nitrogen and oxygen atoms in total. The first-order valence-corrected chi connectivity index (χ1v) is 12.4. The zero-order valence-electron chi connectivity index (χ0n) is 20.5. The number of nitrogens with one attached hydrogen (secondary N) is 1. The summed E-state index contributed by atoms with van der Waals surface area (Å²) in [5, 5.41) is 4.04. The maximum absolute atomic E-state index is 13.5. The SMILES string of the molecule is COc1ccc(NC(=O)C(C)(C)N(Cc2ccc(Cl)cc2)C(=O)CSc2nc(C)cc(C)n2)cc1. The van der Waals surface area contributed by atoms with E-state index in [1.807, 2.05) is 32.0 Å². The van der Waals surface area contributed by atoms with Crippen LogP contribution in [0.5, 0.6) is 5.75 Å². The molecule has 0 radical (unpaired) electrons. The van der Waals surface area contributed by atoms with Gasteiger partial charge in [-0.25, -0.2) is 9.97 Å². The van der Waals surface area contributed by atoms with Crippen LogP contribution in [0.25, 0.3) is 0 Å². The van der Waals surface area contributed by atoms with Gasteiger partial charge in [-0.15, -0.1) is 0 Å². The number of thioether (sulfide) groups is 1. The van der Waals surface area contributed by atoms with Gasteiger partial charge in [-0.2, -0.15) is 0 Å². The van der Waals surface area contributed by atoms with Gasteiger partial charge in [-0.05, 0) is 75.7 Å². The number of halogens is 1. The molecular weight excluding hydrogens is 484 g/mol. The Hall–Kier alpha value is -3.10. The lowest BCUT2D eigenvalue weighted by atomic mass is 9.99. The number of hydrogen-bond acceptors (Lipinski definition) is 6. The van der Waals surface area contributed by atoms with Crippen LogP contribution in [0.2, 0.25) is 5.02 Å². The van der Waals surface area contributed by atoms with Crippen LogP contribution in [0, 0.1) is 13.8 Å². The molecule has 0 unspecified atom stereocenters. The molecule has 0 saturated carbocycles. The molecule has 0 bridgehead atoms. The summed E-state index contributed by atoms with van der Waals surface area (Å²) in [7, 11) is 1.58. The van der Waals surface area contributed by atoms with Crippen LogP contribution in [-0.4, -0.2) is 45.1 Å². The highest BCUT2D eigenvalue weighted by Crippen LogP contribution is 2.25. The number of carbonyl (C=O) groups excluding carboxylic acids is 2. The van der Waals surface area contributed by atoms with Gasteiger partial charge in [0.2, 0.25) is 11.8 Å². The number of rotatable bonds is 9. The molecule has 0 aliphatic carbocycles. The number of aryl methyl sites for hydroxylation is 2. The Balaban J connectivity index is 1.82. The molecule has 1 N–H and O–H groups in total. The molecule has 9 heteroatoms. The van der Waals surface area contributed by atoms with E-state index < -0.39 is 5.54 Å². The Morgan fingerprint density at radius 1 is 1.03 bits per heavy atom. The minimum absolute atomic E-state index is 0.0930. The zero-order valence-corrected chi connectivity index (χ0v) is 22.0. The fraction of sp³-hybridized carbons (Fsp3) is 0.308. The van der Waals surface area contributed by atoms with E-state index in [9.17, 15) is 9.59 Å². The van der Waals surface area contributed by atoms with Crippen LogP contribution < -0.4 is 10.1 Å². The molecule has 0 aliphatic heterocycles.